The lowest BCUT2D eigenvalue weighted by molar-refractivity contribution is 0.473. The lowest BCUT2D eigenvalue weighted by Crippen LogP contribution is -1.89. The van der Waals surface area contributed by atoms with Crippen molar-refractivity contribution in [3.63, 3.8) is 0 Å². The van der Waals surface area contributed by atoms with Crippen molar-refractivity contribution < 1.29 is 5.11 Å². The van der Waals surface area contributed by atoms with Gasteiger partial charge in [0.15, 0.2) is 5.13 Å². The quantitative estimate of drug-likeness (QED) is 0.815. The summed E-state index contributed by atoms with van der Waals surface area (Å²) in [6, 6.07) is 5.33. The number of nitrogens with zero attached hydrogens (tertiary/aromatic N) is 3. The zero-order valence-corrected chi connectivity index (χ0v) is 14.6. The van der Waals surface area contributed by atoms with Crippen molar-refractivity contribution in [1.82, 2.24) is 4.98 Å². The van der Waals surface area contributed by atoms with Crippen LogP contribution >= 0.6 is 11.3 Å². The third kappa shape index (κ3) is 3.70. The monoisotopic (exact) mass is 339 g/mol. The molecule has 0 aliphatic carbocycles. The predicted molar refractivity (Wildman–Crippen MR) is 104 cm³/mol. The van der Waals surface area contributed by atoms with Gasteiger partial charge in [0.25, 0.3) is 6.57 Å². The van der Waals surface area contributed by atoms with E-state index in [1.807, 2.05) is 26.0 Å². The fraction of sp³-hybridized carbons (Fsp3) is 0.167. The van der Waals surface area contributed by atoms with Crippen molar-refractivity contribution >= 4 is 40.0 Å². The first-order valence-electron chi connectivity index (χ1n) is 7.28. The summed E-state index contributed by atoms with van der Waals surface area (Å²) in [6.07, 6.45) is 5.43. The molecule has 0 saturated heterocycles. The smallest absolute Gasteiger partial charge is 0.352 e. The van der Waals surface area contributed by atoms with Gasteiger partial charge < -0.3 is 10.8 Å². The Hall–Kier alpha value is -2.91. The summed E-state index contributed by atoms with van der Waals surface area (Å²) < 4.78 is 0. The van der Waals surface area contributed by atoms with Gasteiger partial charge in [0.05, 0.1) is 10.6 Å². The van der Waals surface area contributed by atoms with Gasteiger partial charge in [0.2, 0.25) is 0 Å². The minimum Gasteiger partial charge on any atom is -0.507 e. The van der Waals surface area contributed by atoms with Crippen molar-refractivity contribution in [3.8, 4) is 12.3 Å². The van der Waals surface area contributed by atoms with Gasteiger partial charge in [0.1, 0.15) is 11.3 Å². The Balaban J connectivity index is 2.48. The second kappa shape index (κ2) is 7.57. The van der Waals surface area contributed by atoms with Gasteiger partial charge in [-0.05, 0) is 42.0 Å². The highest BCUT2D eigenvalue weighted by atomic mass is 32.1. The summed E-state index contributed by atoms with van der Waals surface area (Å²) in [5.74, 6) is 0.0898. The Bertz CT molecular complexity index is 885. The second-order valence-electron chi connectivity index (χ2n) is 5.02. The topological polar surface area (TPSA) is 75.9 Å². The summed E-state index contributed by atoms with van der Waals surface area (Å²) in [4.78, 5) is 12.8. The zero-order valence-electron chi connectivity index (χ0n) is 13.8. The normalized spacial score (nSPS) is 12.6. The van der Waals surface area contributed by atoms with E-state index in [1.54, 1.807) is 31.5 Å². The number of nitrogens with two attached hydrogens (primary N) is 1. The van der Waals surface area contributed by atoms with Crippen LogP contribution in [0.15, 0.2) is 29.3 Å². The summed E-state index contributed by atoms with van der Waals surface area (Å²) >= 11 is 1.34. The molecule has 0 aliphatic heterocycles. The van der Waals surface area contributed by atoms with Crippen LogP contribution in [0, 0.1) is 13.5 Å². The van der Waals surface area contributed by atoms with Crippen LogP contribution in [0.3, 0.4) is 0 Å². The summed E-state index contributed by atoms with van der Waals surface area (Å²) in [5.41, 5.74) is 9.28. The van der Waals surface area contributed by atoms with Gasteiger partial charge in [-0.3, -0.25) is 4.99 Å². The van der Waals surface area contributed by atoms with E-state index in [1.165, 1.54) is 11.3 Å². The molecule has 6 heteroatoms. The number of aryl methyl sites for hydroxylation is 1. The molecule has 0 fully saturated rings. The lowest BCUT2D eigenvalue weighted by Gasteiger charge is -2.04. The van der Waals surface area contributed by atoms with Crippen LogP contribution in [-0.4, -0.2) is 23.4 Å². The summed E-state index contributed by atoms with van der Waals surface area (Å²) in [5, 5.41) is 10.9. The van der Waals surface area contributed by atoms with Crippen molar-refractivity contribution in [1.29, 1.82) is 0 Å². The third-order valence-electron chi connectivity index (χ3n) is 3.44. The average Bonchev–Trinajstić information content (AvgIpc) is 2.88. The molecule has 0 amide bonds. The maximum Gasteiger partial charge on any atom is 0.352 e. The number of benzene rings is 1. The molecule has 1 aromatic carbocycles. The predicted octanol–water partition coefficient (Wildman–Crippen LogP) is 4.30. The van der Waals surface area contributed by atoms with Crippen LogP contribution in [0.1, 0.15) is 28.6 Å². The number of aromatic hydroxyl groups is 1. The van der Waals surface area contributed by atoms with Crippen LogP contribution in [0.25, 0.3) is 22.2 Å². The first kappa shape index (κ1) is 17.4. The minimum atomic E-state index is 0.0898. The van der Waals surface area contributed by atoms with E-state index in [4.69, 9.17) is 12.3 Å². The van der Waals surface area contributed by atoms with Crippen LogP contribution in [0.5, 0.6) is 5.75 Å². The maximum absolute atomic E-state index is 10.4. The van der Waals surface area contributed by atoms with Gasteiger partial charge in [-0.2, -0.15) is 0 Å². The van der Waals surface area contributed by atoms with Crippen LogP contribution < -0.4 is 5.73 Å². The number of hydrogen-bond donors (Lipinski definition) is 2. The first-order valence-corrected chi connectivity index (χ1v) is 8.09. The molecule has 122 valence electrons. The SMILES string of the molecule is C#[N+]/C(=C\c1sc(N)nc1C)c1ccc(/C(C=NC)=C/C)cc1O. The van der Waals surface area contributed by atoms with E-state index in [0.717, 1.165) is 21.7 Å². The van der Waals surface area contributed by atoms with E-state index >= 15 is 0 Å². The molecule has 0 spiro atoms. The lowest BCUT2D eigenvalue weighted by atomic mass is 10.0. The number of anilines is 1. The first-order chi connectivity index (χ1) is 11.5. The number of nitrogen functional groups attached to an aromatic ring is 1. The molecule has 5 nitrogen and oxygen atoms in total. The molecule has 2 aromatic rings. The molecule has 0 aliphatic rings. The number of thiazole rings is 1. The van der Waals surface area contributed by atoms with Gasteiger partial charge in [0, 0.05) is 19.3 Å². The Morgan fingerprint density at radius 1 is 1.46 bits per heavy atom. The molecule has 3 N–H and O–H groups in total. The summed E-state index contributed by atoms with van der Waals surface area (Å²) in [6.45, 7) is 9.29. The van der Waals surface area contributed by atoms with Gasteiger partial charge in [-0.25, -0.2) is 4.98 Å². The molecule has 0 atom stereocenters. The van der Waals surface area contributed by atoms with Gasteiger partial charge >= 0.3 is 5.70 Å². The number of phenolic OH excluding ortho intramolecular Hbond substituents is 1. The van der Waals surface area contributed by atoms with E-state index in [0.29, 0.717) is 16.4 Å². The number of hydrogen-bond acceptors (Lipinski definition) is 5. The molecule has 0 bridgehead atoms. The van der Waals surface area contributed by atoms with E-state index in [2.05, 4.69) is 14.8 Å². The van der Waals surface area contributed by atoms with Crippen LogP contribution in [0.4, 0.5) is 5.13 Å². The number of allylic oxidation sites excluding steroid dienone is 2. The summed E-state index contributed by atoms with van der Waals surface area (Å²) in [7, 11) is 1.70. The highest BCUT2D eigenvalue weighted by Gasteiger charge is 2.18. The molecule has 0 unspecified atom stereocenters. The second-order valence-corrected chi connectivity index (χ2v) is 6.09. The number of aromatic nitrogens is 1. The Morgan fingerprint density at radius 3 is 2.71 bits per heavy atom. The molecule has 0 saturated carbocycles. The molecule has 0 radical (unpaired) electrons. The van der Waals surface area contributed by atoms with Gasteiger partial charge in [-0.1, -0.05) is 23.5 Å². The Morgan fingerprint density at radius 2 is 2.21 bits per heavy atom. The molecule has 1 heterocycles. The van der Waals surface area contributed by atoms with Crippen molar-refractivity contribution in [2.75, 3.05) is 12.8 Å². The molecule has 24 heavy (non-hydrogen) atoms. The third-order valence-corrected chi connectivity index (χ3v) is 4.38. The molecular weight excluding hydrogens is 320 g/mol. The van der Waals surface area contributed by atoms with Crippen molar-refractivity contribution in [3.05, 3.63) is 50.8 Å². The number of phenols is 1. The highest BCUT2D eigenvalue weighted by molar-refractivity contribution is 7.16. The number of aliphatic imine (C=N–C) groups is 1. The Labute approximate surface area is 145 Å². The molecular formula is C18H19N4OS+. The zero-order chi connectivity index (χ0) is 17.7. The standard InChI is InChI=1S/C18H18N4OS/c1-5-12(10-20-3)13-6-7-14(16(23)8-13)15(21-4)9-17-11(2)22-18(19)24-17/h4-10H,1-3H3,(H2-,19,22,23)/p+1/b12-5+,15-9-,20-10?. The molecule has 1 aromatic heterocycles. The fourth-order valence-electron chi connectivity index (χ4n) is 2.25. The fourth-order valence-corrected chi connectivity index (χ4v) is 3.03. The maximum atomic E-state index is 10.4. The molecule has 2 rings (SSSR count). The number of rotatable bonds is 4. The van der Waals surface area contributed by atoms with E-state index in [-0.39, 0.29) is 5.75 Å². The minimum absolute atomic E-state index is 0.0898. The Kier molecular flexibility index (Phi) is 5.51. The largest absolute Gasteiger partial charge is 0.507 e. The van der Waals surface area contributed by atoms with Gasteiger partial charge in [-0.15, -0.1) is 0 Å². The van der Waals surface area contributed by atoms with E-state index < -0.39 is 0 Å². The van der Waals surface area contributed by atoms with Crippen molar-refractivity contribution in [2.45, 2.75) is 13.8 Å². The van der Waals surface area contributed by atoms with Crippen molar-refractivity contribution in [2.24, 2.45) is 4.99 Å². The van der Waals surface area contributed by atoms with E-state index in [9.17, 15) is 5.11 Å². The highest BCUT2D eigenvalue weighted by Crippen LogP contribution is 2.32. The van der Waals surface area contributed by atoms with Crippen LogP contribution in [-0.2, 0) is 0 Å². The van der Waals surface area contributed by atoms with Crippen LogP contribution in [0.2, 0.25) is 0 Å². The average molecular weight is 339 g/mol.